The Bertz CT molecular complexity index is 204. The average Bonchev–Trinajstić information content (AvgIpc) is 2.45. The van der Waals surface area contributed by atoms with Crippen LogP contribution in [0.5, 0.6) is 0 Å². The van der Waals surface area contributed by atoms with E-state index in [1.54, 1.807) is 0 Å². The molecule has 0 aromatic carbocycles. The molecule has 0 fully saturated rings. The Morgan fingerprint density at radius 2 is 2.07 bits per heavy atom. The van der Waals surface area contributed by atoms with Gasteiger partial charge in [-0.25, -0.2) is 0 Å². The fourth-order valence-electron chi connectivity index (χ4n) is 1.24. The topological polar surface area (TPSA) is 0 Å². The quantitative estimate of drug-likeness (QED) is 0.361. The van der Waals surface area contributed by atoms with Crippen LogP contribution < -0.4 is 12.4 Å². The van der Waals surface area contributed by atoms with Gasteiger partial charge in [0.1, 0.15) is 0 Å². The first-order valence-electron chi connectivity index (χ1n) is 4.58. The van der Waals surface area contributed by atoms with Crippen LogP contribution in [-0.2, 0) is 0 Å². The van der Waals surface area contributed by atoms with Crippen molar-refractivity contribution in [2.24, 2.45) is 0 Å². The van der Waals surface area contributed by atoms with Crippen molar-refractivity contribution in [2.75, 3.05) is 0 Å². The Hall–Kier alpha value is 1.54. The number of rotatable bonds is 5. The van der Waals surface area contributed by atoms with Crippen LogP contribution in [-0.4, -0.2) is 38.0 Å². The van der Waals surface area contributed by atoms with Gasteiger partial charge >= 0.3 is 113 Å². The van der Waals surface area contributed by atoms with E-state index in [4.69, 9.17) is 0 Å². The van der Waals surface area contributed by atoms with Gasteiger partial charge in [-0.1, -0.05) is 0 Å². The monoisotopic (exact) mass is 354 g/mol. The minimum absolute atomic E-state index is 0. The summed E-state index contributed by atoms with van der Waals surface area (Å²) in [7, 11) is 0. The molecule has 1 aliphatic rings. The van der Waals surface area contributed by atoms with Crippen molar-refractivity contribution in [3.05, 3.63) is 20.0 Å². The van der Waals surface area contributed by atoms with Crippen LogP contribution in [0.3, 0.4) is 0 Å². The molecule has 0 atom stereocenters. The van der Waals surface area contributed by atoms with Crippen LogP contribution >= 0.6 is 15.9 Å². The van der Waals surface area contributed by atoms with Crippen LogP contribution in [0.4, 0.5) is 0 Å². The number of unbranched alkanes of at least 4 members (excludes halogenated alkanes) is 3. The third-order valence-corrected chi connectivity index (χ3v) is 4.94. The second-order valence-electron chi connectivity index (χ2n) is 3.08. The van der Waals surface area contributed by atoms with Crippen molar-refractivity contribution in [2.45, 2.75) is 39.0 Å². The van der Waals surface area contributed by atoms with Crippen molar-refractivity contribution >= 4 is 53.9 Å². The molecule has 0 aromatic rings. The first kappa shape index (κ1) is 17.9. The van der Waals surface area contributed by atoms with E-state index in [1.807, 2.05) is 0 Å². The third-order valence-electron chi connectivity index (χ3n) is 1.94. The molecule has 1 rings (SSSR count). The number of allylic oxidation sites excluding steroid dienone is 2. The SMILES string of the molecule is CCCCCCC1=[C-][SeH2]C(Br)=C1.[Cl-].[Mg+2]. The molecule has 0 saturated carbocycles. The molecule has 0 aliphatic carbocycles. The van der Waals surface area contributed by atoms with E-state index in [1.165, 1.54) is 41.1 Å². The van der Waals surface area contributed by atoms with E-state index < -0.39 is 0 Å². The van der Waals surface area contributed by atoms with E-state index in [2.05, 4.69) is 33.9 Å². The van der Waals surface area contributed by atoms with E-state index in [0.717, 1.165) is 0 Å². The summed E-state index contributed by atoms with van der Waals surface area (Å²) >= 11 is 3.52. The van der Waals surface area contributed by atoms with E-state index in [-0.39, 0.29) is 50.4 Å². The van der Waals surface area contributed by atoms with Crippen LogP contribution in [0.15, 0.2) is 15.0 Å². The number of hydrogen-bond donors (Lipinski definition) is 0. The van der Waals surface area contributed by atoms with Crippen molar-refractivity contribution in [3.8, 4) is 0 Å². The van der Waals surface area contributed by atoms with Gasteiger partial charge in [0, 0.05) is 0 Å². The summed E-state index contributed by atoms with van der Waals surface area (Å²) in [6.45, 7) is 2.25. The summed E-state index contributed by atoms with van der Waals surface area (Å²) in [4.78, 5) is 3.49. The Morgan fingerprint density at radius 1 is 1.36 bits per heavy atom. The van der Waals surface area contributed by atoms with Gasteiger partial charge in [-0.05, 0) is 0 Å². The first-order valence-corrected chi connectivity index (χ1v) is 7.47. The Morgan fingerprint density at radius 3 is 2.57 bits per heavy atom. The van der Waals surface area contributed by atoms with Gasteiger partial charge in [-0.2, -0.15) is 0 Å². The second kappa shape index (κ2) is 11.0. The fraction of sp³-hybridized carbons (Fsp3) is 0.600. The zero-order valence-electron chi connectivity index (χ0n) is 8.58. The Kier molecular flexibility index (Phi) is 14.1. The summed E-state index contributed by atoms with van der Waals surface area (Å²) in [5.41, 5.74) is 1.46. The molecule has 0 saturated heterocycles. The van der Waals surface area contributed by atoms with Gasteiger partial charge in [0.05, 0.1) is 0 Å². The Balaban J connectivity index is 0. The predicted molar refractivity (Wildman–Crippen MR) is 66.8 cm³/mol. The smallest absolute Gasteiger partial charge is 1.00 e. The number of hydrogen-bond acceptors (Lipinski definition) is 0. The normalized spacial score (nSPS) is 16.7. The zero-order valence-corrected chi connectivity index (χ0v) is 14.4. The summed E-state index contributed by atoms with van der Waals surface area (Å²) in [6, 6.07) is 0. The molecule has 78 valence electrons. The van der Waals surface area contributed by atoms with Gasteiger partial charge in [-0.3, -0.25) is 0 Å². The van der Waals surface area contributed by atoms with E-state index in [0.29, 0.717) is 0 Å². The van der Waals surface area contributed by atoms with Crippen LogP contribution in [0.2, 0.25) is 0 Å². The second-order valence-corrected chi connectivity index (χ2v) is 7.65. The molecule has 0 amide bonds. The molecular weight excluding hydrogens is 339 g/mol. The third kappa shape index (κ3) is 7.78. The van der Waals surface area contributed by atoms with E-state index in [9.17, 15) is 0 Å². The summed E-state index contributed by atoms with van der Waals surface area (Å²) in [5.74, 6) is 0. The largest absolute Gasteiger partial charge is 2.00 e. The molecular formula is C10H16BrClMgSe. The van der Waals surface area contributed by atoms with Gasteiger partial charge in [-0.15, -0.1) is 0 Å². The molecule has 0 bridgehead atoms. The van der Waals surface area contributed by atoms with Crippen LogP contribution in [0, 0.1) is 4.97 Å². The van der Waals surface area contributed by atoms with Crippen molar-refractivity contribution in [3.63, 3.8) is 0 Å². The van der Waals surface area contributed by atoms with Gasteiger partial charge in [0.2, 0.25) is 0 Å². The molecule has 0 spiro atoms. The molecule has 14 heavy (non-hydrogen) atoms. The molecule has 1 heterocycles. The molecule has 0 radical (unpaired) electrons. The minimum Gasteiger partial charge on any atom is -1.00 e. The molecule has 0 nitrogen and oxygen atoms in total. The van der Waals surface area contributed by atoms with Crippen LogP contribution in [0.25, 0.3) is 0 Å². The number of halogens is 2. The van der Waals surface area contributed by atoms with Gasteiger partial charge < -0.3 is 12.4 Å². The predicted octanol–water partition coefficient (Wildman–Crippen LogP) is -0.314. The minimum atomic E-state index is -0.0168. The van der Waals surface area contributed by atoms with Gasteiger partial charge in [0.15, 0.2) is 0 Å². The average molecular weight is 355 g/mol. The standard InChI is InChI=1S/C10H16BrSe.ClH.Mg/c1-2-3-4-5-6-9-7-10(11)12-8-9;;/h7H,2-6,12H2,1H3;1H;/q-1;;+2/p-1. The van der Waals surface area contributed by atoms with Crippen LogP contribution in [0.1, 0.15) is 39.0 Å². The molecule has 0 aromatic heterocycles. The summed E-state index contributed by atoms with van der Waals surface area (Å²) < 4.78 is 1.41. The maximum atomic E-state index is 3.53. The first-order chi connectivity index (χ1) is 5.83. The van der Waals surface area contributed by atoms with E-state index >= 15 is 0 Å². The molecule has 0 unspecified atom stereocenters. The molecule has 0 N–H and O–H groups in total. The van der Waals surface area contributed by atoms with Crippen molar-refractivity contribution in [1.29, 1.82) is 0 Å². The summed E-state index contributed by atoms with van der Waals surface area (Å²) in [6.07, 6.45) is 8.96. The van der Waals surface area contributed by atoms with Crippen molar-refractivity contribution in [1.82, 2.24) is 0 Å². The Labute approximate surface area is 124 Å². The molecule has 4 heteroatoms. The van der Waals surface area contributed by atoms with Gasteiger partial charge in [0.25, 0.3) is 0 Å². The maximum absolute atomic E-state index is 3.53. The fourth-order valence-corrected chi connectivity index (χ4v) is 3.55. The zero-order chi connectivity index (χ0) is 8.81. The summed E-state index contributed by atoms with van der Waals surface area (Å²) in [5, 5.41) is 0. The maximum Gasteiger partial charge on any atom is 2.00 e. The van der Waals surface area contributed by atoms with Crippen molar-refractivity contribution < 1.29 is 12.4 Å². The molecule has 1 aliphatic heterocycles.